The molecule has 0 aliphatic carbocycles. The maximum Gasteiger partial charge on any atom is 0.0247 e. The van der Waals surface area contributed by atoms with E-state index in [9.17, 15) is 0 Å². The molecule has 2 heterocycles. The van der Waals surface area contributed by atoms with Crippen LogP contribution in [0.15, 0.2) is 103 Å². The largest absolute Gasteiger partial charge is 0.314 e. The molecule has 2 aliphatic heterocycles. The van der Waals surface area contributed by atoms with E-state index in [0.717, 1.165) is 137 Å². The topological polar surface area (TPSA) is 81.9 Å². The van der Waals surface area contributed by atoms with E-state index in [4.69, 9.17) is 0 Å². The summed E-state index contributed by atoms with van der Waals surface area (Å²) in [7, 11) is 0. The van der Waals surface area contributed by atoms with E-state index in [1.54, 1.807) is 0 Å². The maximum atomic E-state index is 3.63. The molecule has 0 amide bonds. The minimum atomic E-state index is 0.874. The number of benzene rings is 6. The molecule has 0 unspecified atom stereocenters. The molecule has 9 heteroatoms. The highest BCUT2D eigenvalue weighted by molar-refractivity contribution is 6.23. The van der Waals surface area contributed by atoms with Gasteiger partial charge in [-0.2, -0.15) is 0 Å². The van der Waals surface area contributed by atoms with Crippen LogP contribution >= 0.6 is 0 Å². The summed E-state index contributed by atoms with van der Waals surface area (Å²) in [6, 6.07) is 39.5. The van der Waals surface area contributed by atoms with Crippen LogP contribution in [0.2, 0.25) is 0 Å². The standard InChI is InChI=1S/C49H65N9/c1-4-39(34-56-28-24-52-20-16-50-17-21-53-25-29-56)32-41(6-1)36-58(38-46-13-12-45-11-10-43-8-3-9-44-14-15-47(46)49(45)48(43)44)37-42-7-2-5-40(33-42)35-57-30-26-54-22-18-51-19-23-55-27-31-57/h1-15,32-33,50-55H,16-31,34-38H2. The molecular weight excluding hydrogens is 715 g/mol. The maximum absolute atomic E-state index is 3.63. The molecular formula is C49H65N9. The first-order chi connectivity index (χ1) is 28.7. The molecule has 9 nitrogen and oxygen atoms in total. The van der Waals surface area contributed by atoms with Gasteiger partial charge < -0.3 is 31.9 Å². The quantitative estimate of drug-likeness (QED) is 0.108. The molecule has 2 fully saturated rings. The first-order valence-corrected chi connectivity index (χ1v) is 22.0. The Kier molecular flexibility index (Phi) is 15.0. The first-order valence-electron chi connectivity index (χ1n) is 22.0. The van der Waals surface area contributed by atoms with Crippen LogP contribution in [-0.4, -0.2) is 119 Å². The lowest BCUT2D eigenvalue weighted by Gasteiger charge is -2.26. The van der Waals surface area contributed by atoms with Crippen molar-refractivity contribution in [3.63, 3.8) is 0 Å². The highest BCUT2D eigenvalue weighted by Crippen LogP contribution is 2.36. The Morgan fingerprint density at radius 1 is 0.379 bits per heavy atom. The molecule has 0 saturated carbocycles. The lowest BCUT2D eigenvalue weighted by Crippen LogP contribution is -2.41. The van der Waals surface area contributed by atoms with E-state index in [-0.39, 0.29) is 0 Å². The van der Waals surface area contributed by atoms with Crippen molar-refractivity contribution in [3.05, 3.63) is 131 Å². The lowest BCUT2D eigenvalue weighted by atomic mass is 9.92. The van der Waals surface area contributed by atoms with Gasteiger partial charge in [-0.05, 0) is 60.1 Å². The molecule has 2 aliphatic rings. The molecule has 2 saturated heterocycles. The van der Waals surface area contributed by atoms with Crippen molar-refractivity contribution in [2.24, 2.45) is 0 Å². The fraction of sp³-hybridized carbons (Fsp3) is 0.429. The Hall–Kier alpha value is -4.00. The van der Waals surface area contributed by atoms with E-state index < -0.39 is 0 Å². The van der Waals surface area contributed by atoms with Gasteiger partial charge in [0.2, 0.25) is 0 Å². The second kappa shape index (κ2) is 21.3. The Morgan fingerprint density at radius 3 is 1.28 bits per heavy atom. The third-order valence-corrected chi connectivity index (χ3v) is 12.0. The zero-order valence-corrected chi connectivity index (χ0v) is 34.5. The van der Waals surface area contributed by atoms with Crippen molar-refractivity contribution in [2.45, 2.75) is 32.7 Å². The predicted octanol–water partition coefficient (Wildman–Crippen LogP) is 4.96. The van der Waals surface area contributed by atoms with Crippen molar-refractivity contribution >= 4 is 32.3 Å². The summed E-state index contributed by atoms with van der Waals surface area (Å²) in [4.78, 5) is 7.87. The summed E-state index contributed by atoms with van der Waals surface area (Å²) in [5.74, 6) is 0. The normalized spacial score (nSPS) is 18.2. The van der Waals surface area contributed by atoms with Gasteiger partial charge in [0, 0.05) is 137 Å². The second-order valence-electron chi connectivity index (χ2n) is 16.4. The fourth-order valence-electron chi connectivity index (χ4n) is 8.97. The molecule has 0 spiro atoms. The van der Waals surface area contributed by atoms with Gasteiger partial charge in [-0.3, -0.25) is 14.7 Å². The molecule has 0 aromatic heterocycles. The highest BCUT2D eigenvalue weighted by atomic mass is 15.2. The van der Waals surface area contributed by atoms with Crippen LogP contribution < -0.4 is 31.9 Å². The summed E-state index contributed by atoms with van der Waals surface area (Å²) in [6.07, 6.45) is 0. The van der Waals surface area contributed by atoms with Gasteiger partial charge in [-0.25, -0.2) is 0 Å². The summed E-state index contributed by atoms with van der Waals surface area (Å²) >= 11 is 0. The Balaban J connectivity index is 1.04. The van der Waals surface area contributed by atoms with E-state index in [2.05, 4.69) is 150 Å². The average molecular weight is 780 g/mol. The number of hydrogen-bond acceptors (Lipinski definition) is 9. The van der Waals surface area contributed by atoms with Crippen molar-refractivity contribution in [2.75, 3.05) is 105 Å². The minimum Gasteiger partial charge on any atom is -0.314 e. The van der Waals surface area contributed by atoms with Gasteiger partial charge in [0.05, 0.1) is 0 Å². The first kappa shape index (κ1) is 40.8. The third-order valence-electron chi connectivity index (χ3n) is 12.0. The minimum absolute atomic E-state index is 0.874. The summed E-state index contributed by atoms with van der Waals surface area (Å²) in [5.41, 5.74) is 6.92. The Labute approximate surface area is 346 Å². The number of nitrogens with one attached hydrogen (secondary N) is 6. The molecule has 6 aromatic carbocycles. The van der Waals surface area contributed by atoms with Crippen LogP contribution in [0.3, 0.4) is 0 Å². The molecule has 8 rings (SSSR count). The van der Waals surface area contributed by atoms with Crippen LogP contribution in [-0.2, 0) is 32.7 Å². The van der Waals surface area contributed by atoms with E-state index in [0.29, 0.717) is 0 Å². The van der Waals surface area contributed by atoms with E-state index in [1.807, 2.05) is 0 Å². The van der Waals surface area contributed by atoms with Crippen molar-refractivity contribution in [3.8, 4) is 0 Å². The summed E-state index contributed by atoms with van der Waals surface area (Å²) < 4.78 is 0. The van der Waals surface area contributed by atoms with E-state index in [1.165, 1.54) is 60.1 Å². The predicted molar refractivity (Wildman–Crippen MR) is 244 cm³/mol. The van der Waals surface area contributed by atoms with Crippen LogP contribution in [0.25, 0.3) is 32.3 Å². The average Bonchev–Trinajstić information content (AvgIpc) is 3.23. The zero-order valence-electron chi connectivity index (χ0n) is 34.5. The van der Waals surface area contributed by atoms with Crippen molar-refractivity contribution in [1.29, 1.82) is 0 Å². The number of nitrogens with zero attached hydrogens (tertiary/aromatic N) is 3. The highest BCUT2D eigenvalue weighted by Gasteiger charge is 2.16. The van der Waals surface area contributed by atoms with Gasteiger partial charge in [-0.15, -0.1) is 0 Å². The summed E-state index contributed by atoms with van der Waals surface area (Å²) in [5, 5.41) is 29.7. The second-order valence-corrected chi connectivity index (χ2v) is 16.4. The van der Waals surface area contributed by atoms with Crippen LogP contribution in [0.4, 0.5) is 0 Å². The van der Waals surface area contributed by atoms with Crippen molar-refractivity contribution in [1.82, 2.24) is 46.6 Å². The Morgan fingerprint density at radius 2 is 0.776 bits per heavy atom. The lowest BCUT2D eigenvalue weighted by molar-refractivity contribution is 0.246. The molecule has 306 valence electrons. The number of hydrogen-bond donors (Lipinski definition) is 6. The van der Waals surface area contributed by atoms with Crippen LogP contribution in [0.1, 0.15) is 27.8 Å². The number of rotatable bonds is 10. The molecule has 0 bridgehead atoms. The van der Waals surface area contributed by atoms with Gasteiger partial charge in [0.1, 0.15) is 0 Å². The molecule has 58 heavy (non-hydrogen) atoms. The zero-order chi connectivity index (χ0) is 39.2. The van der Waals surface area contributed by atoms with Gasteiger partial charge >= 0.3 is 0 Å². The fourth-order valence-corrected chi connectivity index (χ4v) is 8.97. The van der Waals surface area contributed by atoms with Gasteiger partial charge in [0.15, 0.2) is 0 Å². The monoisotopic (exact) mass is 780 g/mol. The van der Waals surface area contributed by atoms with Crippen LogP contribution in [0.5, 0.6) is 0 Å². The Bertz CT molecular complexity index is 2040. The molecule has 6 aromatic rings. The van der Waals surface area contributed by atoms with Gasteiger partial charge in [-0.1, -0.05) is 103 Å². The molecule has 0 radical (unpaired) electrons. The van der Waals surface area contributed by atoms with Gasteiger partial charge in [0.25, 0.3) is 0 Å². The third kappa shape index (κ3) is 11.4. The molecule has 6 N–H and O–H groups in total. The van der Waals surface area contributed by atoms with Crippen LogP contribution in [0, 0.1) is 0 Å². The van der Waals surface area contributed by atoms with E-state index >= 15 is 0 Å². The molecule has 0 atom stereocenters. The SMILES string of the molecule is c1cc(CN2CCNCCNCCNCC2)cc(CN(Cc2cccc(CN3CCNCCNCCNCC3)c2)Cc2ccc3ccc4cccc5ccc2c3c45)c1. The smallest absolute Gasteiger partial charge is 0.0247 e. The van der Waals surface area contributed by atoms with Crippen molar-refractivity contribution < 1.29 is 0 Å². The summed E-state index contributed by atoms with van der Waals surface area (Å²) in [6.45, 7) is 20.9.